The zero-order chi connectivity index (χ0) is 13.8. The second kappa shape index (κ2) is 5.84. The lowest BCUT2D eigenvalue weighted by Gasteiger charge is -2.24. The number of aromatic nitrogens is 2. The minimum absolute atomic E-state index is 0.197. The van der Waals surface area contributed by atoms with Gasteiger partial charge in [0.1, 0.15) is 12.1 Å². The van der Waals surface area contributed by atoms with Gasteiger partial charge in [-0.05, 0) is 19.1 Å². The van der Waals surface area contributed by atoms with Crippen LogP contribution >= 0.6 is 11.6 Å². The van der Waals surface area contributed by atoms with Crippen molar-refractivity contribution >= 4 is 23.1 Å². The van der Waals surface area contributed by atoms with Crippen molar-refractivity contribution in [1.29, 1.82) is 0 Å². The first kappa shape index (κ1) is 13.5. The Balaban J connectivity index is 2.55. The summed E-state index contributed by atoms with van der Waals surface area (Å²) in [4.78, 5) is 9.67. The molecule has 6 heteroatoms. The van der Waals surface area contributed by atoms with Crippen molar-refractivity contribution in [3.8, 4) is 5.75 Å². The van der Waals surface area contributed by atoms with E-state index in [0.29, 0.717) is 23.8 Å². The standard InChI is InChI=1S/C13H13ClFN3O/c1-3-18(10-7-5-4-6-9(10)15)13-11(19-2)12(14)16-8-17-13/h4-8H,3H2,1-2H3. The normalized spacial score (nSPS) is 10.3. The molecule has 0 fully saturated rings. The monoisotopic (exact) mass is 281 g/mol. The van der Waals surface area contributed by atoms with Gasteiger partial charge in [0.25, 0.3) is 0 Å². The molecule has 0 aliphatic rings. The van der Waals surface area contributed by atoms with E-state index in [1.54, 1.807) is 23.1 Å². The fourth-order valence-electron chi connectivity index (χ4n) is 1.82. The number of halogens is 2. The van der Waals surface area contributed by atoms with Crippen molar-refractivity contribution in [3.05, 3.63) is 41.6 Å². The Kier molecular flexibility index (Phi) is 4.16. The average Bonchev–Trinajstić information content (AvgIpc) is 2.42. The third kappa shape index (κ3) is 2.61. The molecule has 2 aromatic rings. The van der Waals surface area contributed by atoms with Crippen molar-refractivity contribution in [2.45, 2.75) is 6.92 Å². The van der Waals surface area contributed by atoms with Crippen molar-refractivity contribution in [2.24, 2.45) is 0 Å². The maximum absolute atomic E-state index is 13.9. The van der Waals surface area contributed by atoms with E-state index in [2.05, 4.69) is 9.97 Å². The summed E-state index contributed by atoms with van der Waals surface area (Å²) >= 11 is 5.96. The fourth-order valence-corrected chi connectivity index (χ4v) is 2.02. The van der Waals surface area contributed by atoms with E-state index in [-0.39, 0.29) is 11.0 Å². The van der Waals surface area contributed by atoms with E-state index in [9.17, 15) is 4.39 Å². The minimum atomic E-state index is -0.332. The van der Waals surface area contributed by atoms with Gasteiger partial charge in [-0.3, -0.25) is 0 Å². The van der Waals surface area contributed by atoms with Crippen LogP contribution in [-0.4, -0.2) is 23.6 Å². The Bertz CT molecular complexity index is 580. The number of benzene rings is 1. The first-order chi connectivity index (χ1) is 9.19. The topological polar surface area (TPSA) is 38.2 Å². The lowest BCUT2D eigenvalue weighted by molar-refractivity contribution is 0.411. The number of para-hydroxylation sites is 1. The highest BCUT2D eigenvalue weighted by Crippen LogP contribution is 2.36. The Morgan fingerprint density at radius 2 is 2.05 bits per heavy atom. The first-order valence-corrected chi connectivity index (χ1v) is 6.13. The molecule has 0 radical (unpaired) electrons. The number of nitrogens with zero attached hydrogens (tertiary/aromatic N) is 3. The minimum Gasteiger partial charge on any atom is -0.490 e. The first-order valence-electron chi connectivity index (χ1n) is 5.75. The van der Waals surface area contributed by atoms with Crippen LogP contribution in [0.4, 0.5) is 15.9 Å². The van der Waals surface area contributed by atoms with Gasteiger partial charge in [-0.25, -0.2) is 14.4 Å². The highest BCUT2D eigenvalue weighted by atomic mass is 35.5. The van der Waals surface area contributed by atoms with Crippen molar-refractivity contribution in [2.75, 3.05) is 18.6 Å². The molecular weight excluding hydrogens is 269 g/mol. The number of hydrogen-bond donors (Lipinski definition) is 0. The zero-order valence-electron chi connectivity index (χ0n) is 10.6. The molecule has 19 heavy (non-hydrogen) atoms. The molecule has 0 amide bonds. The fraction of sp³-hybridized carbons (Fsp3) is 0.231. The van der Waals surface area contributed by atoms with Crippen molar-refractivity contribution < 1.29 is 9.13 Å². The van der Waals surface area contributed by atoms with Crippen LogP contribution in [0.15, 0.2) is 30.6 Å². The largest absolute Gasteiger partial charge is 0.490 e. The van der Waals surface area contributed by atoms with Crippen molar-refractivity contribution in [1.82, 2.24) is 9.97 Å². The third-order valence-corrected chi connectivity index (χ3v) is 2.93. The quantitative estimate of drug-likeness (QED) is 0.805. The van der Waals surface area contributed by atoms with Crippen LogP contribution in [0.1, 0.15) is 6.92 Å². The highest BCUT2D eigenvalue weighted by molar-refractivity contribution is 6.31. The van der Waals surface area contributed by atoms with Crippen LogP contribution in [0.2, 0.25) is 5.15 Å². The molecule has 1 heterocycles. The molecule has 0 unspecified atom stereocenters. The Hall–Kier alpha value is -1.88. The van der Waals surface area contributed by atoms with Gasteiger partial charge in [0.2, 0.25) is 0 Å². The Morgan fingerprint density at radius 1 is 1.32 bits per heavy atom. The van der Waals surface area contributed by atoms with E-state index < -0.39 is 0 Å². The second-order valence-electron chi connectivity index (χ2n) is 3.72. The molecular formula is C13H13ClFN3O. The molecule has 100 valence electrons. The van der Waals surface area contributed by atoms with Crippen LogP contribution in [0.3, 0.4) is 0 Å². The molecule has 1 aromatic carbocycles. The maximum Gasteiger partial charge on any atom is 0.199 e. The van der Waals surface area contributed by atoms with E-state index in [1.165, 1.54) is 19.5 Å². The molecule has 0 saturated carbocycles. The molecule has 0 aliphatic heterocycles. The maximum atomic E-state index is 13.9. The number of methoxy groups -OCH3 is 1. The van der Waals surface area contributed by atoms with E-state index >= 15 is 0 Å². The SMILES string of the molecule is CCN(c1ccccc1F)c1ncnc(Cl)c1OC. The molecule has 0 saturated heterocycles. The lowest BCUT2D eigenvalue weighted by atomic mass is 10.2. The van der Waals surface area contributed by atoms with Gasteiger partial charge in [0.15, 0.2) is 16.7 Å². The lowest BCUT2D eigenvalue weighted by Crippen LogP contribution is -2.19. The Labute approximate surface area is 115 Å². The summed E-state index contributed by atoms with van der Waals surface area (Å²) in [5, 5.41) is 0.197. The smallest absolute Gasteiger partial charge is 0.199 e. The van der Waals surface area contributed by atoms with E-state index in [4.69, 9.17) is 16.3 Å². The molecule has 0 aliphatic carbocycles. The van der Waals surface area contributed by atoms with Crippen molar-refractivity contribution in [3.63, 3.8) is 0 Å². The summed E-state index contributed by atoms with van der Waals surface area (Å²) in [5.74, 6) is 0.436. The van der Waals surface area contributed by atoms with E-state index in [1.807, 2.05) is 6.92 Å². The third-order valence-electron chi connectivity index (χ3n) is 2.66. The summed E-state index contributed by atoms with van der Waals surface area (Å²) in [6, 6.07) is 6.47. The number of rotatable bonds is 4. The predicted molar refractivity (Wildman–Crippen MR) is 72.7 cm³/mol. The van der Waals surface area contributed by atoms with Crippen LogP contribution < -0.4 is 9.64 Å². The van der Waals surface area contributed by atoms with Gasteiger partial charge in [0.05, 0.1) is 12.8 Å². The van der Waals surface area contributed by atoms with Crippen LogP contribution in [0, 0.1) is 5.82 Å². The van der Waals surface area contributed by atoms with Gasteiger partial charge in [0, 0.05) is 6.54 Å². The van der Waals surface area contributed by atoms with Crippen LogP contribution in [0.25, 0.3) is 0 Å². The molecule has 2 rings (SSSR count). The highest BCUT2D eigenvalue weighted by Gasteiger charge is 2.19. The molecule has 0 N–H and O–H groups in total. The number of anilines is 2. The summed E-state index contributed by atoms with van der Waals surface area (Å²) < 4.78 is 19.1. The summed E-state index contributed by atoms with van der Waals surface area (Å²) in [7, 11) is 1.48. The molecule has 0 bridgehead atoms. The van der Waals surface area contributed by atoms with Crippen LogP contribution in [0.5, 0.6) is 5.75 Å². The number of hydrogen-bond acceptors (Lipinski definition) is 4. The Morgan fingerprint density at radius 3 is 2.68 bits per heavy atom. The predicted octanol–water partition coefficient (Wildman–Crippen LogP) is 3.44. The van der Waals surface area contributed by atoms with Gasteiger partial charge < -0.3 is 9.64 Å². The molecule has 4 nitrogen and oxygen atoms in total. The summed E-state index contributed by atoms with van der Waals surface area (Å²) in [6.07, 6.45) is 1.32. The summed E-state index contributed by atoms with van der Waals surface area (Å²) in [5.41, 5.74) is 0.415. The van der Waals surface area contributed by atoms with Crippen LogP contribution in [-0.2, 0) is 0 Å². The van der Waals surface area contributed by atoms with Gasteiger partial charge in [-0.2, -0.15) is 0 Å². The second-order valence-corrected chi connectivity index (χ2v) is 4.08. The van der Waals surface area contributed by atoms with E-state index in [0.717, 1.165) is 0 Å². The molecule has 0 atom stereocenters. The summed E-state index contributed by atoms with van der Waals surface area (Å²) in [6.45, 7) is 2.41. The zero-order valence-corrected chi connectivity index (χ0v) is 11.4. The molecule has 0 spiro atoms. The number of ether oxygens (including phenoxy) is 1. The van der Waals surface area contributed by atoms with Gasteiger partial charge >= 0.3 is 0 Å². The molecule has 1 aromatic heterocycles. The van der Waals surface area contributed by atoms with Gasteiger partial charge in [-0.15, -0.1) is 0 Å². The average molecular weight is 282 g/mol. The van der Waals surface area contributed by atoms with Gasteiger partial charge in [-0.1, -0.05) is 23.7 Å².